The number of hydrogen-bond donors (Lipinski definition) is 2. The highest BCUT2D eigenvalue weighted by atomic mass is 79.9. The van der Waals surface area contributed by atoms with Gasteiger partial charge in [0.25, 0.3) is 0 Å². The molecule has 2 N–H and O–H groups in total. The van der Waals surface area contributed by atoms with Crippen LogP contribution in [0.3, 0.4) is 0 Å². The fourth-order valence-corrected chi connectivity index (χ4v) is 3.50. The van der Waals surface area contributed by atoms with Crippen LogP contribution in [0, 0.1) is 0 Å². The number of rotatable bonds is 7. The molecule has 0 spiro atoms. The van der Waals surface area contributed by atoms with Gasteiger partial charge in [-0.1, -0.05) is 19.0 Å². The van der Waals surface area contributed by atoms with Crippen molar-refractivity contribution in [1.29, 1.82) is 0 Å². The Morgan fingerprint density at radius 2 is 1.88 bits per heavy atom. The number of aliphatic carboxylic acids is 1. The number of nitrogens with zero attached hydrogens (tertiary/aromatic N) is 1. The molecule has 0 radical (unpaired) electrons. The molecule has 2 aromatic rings. The van der Waals surface area contributed by atoms with E-state index in [2.05, 4.69) is 41.9 Å². The molecular weight excluding hydrogens is 470 g/mol. The molecule has 0 heterocycles. The number of phenols is 1. The van der Waals surface area contributed by atoms with E-state index < -0.39 is 12.6 Å². The standard InChI is InChI=1S/C18H17Br2NO5/c1-10(2)13-7-12(3-4-16(13)22)26-18-14(19)5-11(6-15(18)20)8-21-25-9-17(23)24/h3-8,10,22H,9H2,1-2H3,(H,23,24)/b21-8-. The van der Waals surface area contributed by atoms with Crippen molar-refractivity contribution in [2.45, 2.75) is 19.8 Å². The first-order chi connectivity index (χ1) is 12.3. The van der Waals surface area contributed by atoms with Crippen molar-refractivity contribution in [2.75, 3.05) is 6.61 Å². The van der Waals surface area contributed by atoms with Gasteiger partial charge in [0.2, 0.25) is 6.61 Å². The molecular formula is C18H17Br2NO5. The number of ether oxygens (including phenoxy) is 1. The predicted octanol–water partition coefficient (Wildman–Crippen LogP) is 5.27. The molecule has 0 amide bonds. The van der Waals surface area contributed by atoms with Crippen LogP contribution in [0.4, 0.5) is 0 Å². The van der Waals surface area contributed by atoms with Gasteiger partial charge in [-0.3, -0.25) is 0 Å². The van der Waals surface area contributed by atoms with Gasteiger partial charge in [0.05, 0.1) is 15.2 Å². The maximum Gasteiger partial charge on any atom is 0.344 e. The first-order valence-electron chi connectivity index (χ1n) is 7.65. The Bertz CT molecular complexity index is 813. The normalized spacial score (nSPS) is 11.1. The van der Waals surface area contributed by atoms with Gasteiger partial charge < -0.3 is 19.8 Å². The van der Waals surface area contributed by atoms with Crippen molar-refractivity contribution in [2.24, 2.45) is 5.16 Å². The minimum Gasteiger partial charge on any atom is -0.508 e. The fourth-order valence-electron chi connectivity index (χ4n) is 2.12. The molecule has 26 heavy (non-hydrogen) atoms. The Kier molecular flexibility index (Phi) is 7.05. The molecule has 0 aliphatic heterocycles. The van der Waals surface area contributed by atoms with Gasteiger partial charge in [-0.25, -0.2) is 4.79 Å². The molecule has 138 valence electrons. The van der Waals surface area contributed by atoms with E-state index in [1.165, 1.54) is 6.21 Å². The van der Waals surface area contributed by atoms with Crippen LogP contribution in [-0.2, 0) is 9.63 Å². The molecule has 2 rings (SSSR count). The van der Waals surface area contributed by atoms with Crippen molar-refractivity contribution >= 4 is 44.0 Å². The zero-order valence-electron chi connectivity index (χ0n) is 14.1. The number of benzene rings is 2. The minimum atomic E-state index is -1.09. The second-order valence-corrected chi connectivity index (χ2v) is 7.40. The second-order valence-electron chi connectivity index (χ2n) is 5.69. The van der Waals surface area contributed by atoms with Gasteiger partial charge in [-0.05, 0) is 73.7 Å². The summed E-state index contributed by atoms with van der Waals surface area (Å²) in [5.74, 6) is 0.462. The van der Waals surface area contributed by atoms with Crippen LogP contribution in [0.1, 0.15) is 30.9 Å². The Balaban J connectivity index is 2.21. The Labute approximate surface area is 167 Å². The van der Waals surface area contributed by atoms with Crippen LogP contribution in [-0.4, -0.2) is 29.0 Å². The molecule has 6 nitrogen and oxygen atoms in total. The van der Waals surface area contributed by atoms with Crippen LogP contribution < -0.4 is 4.74 Å². The third-order valence-electron chi connectivity index (χ3n) is 3.33. The topological polar surface area (TPSA) is 88.4 Å². The summed E-state index contributed by atoms with van der Waals surface area (Å²) in [4.78, 5) is 15.0. The van der Waals surface area contributed by atoms with Crippen molar-refractivity contribution in [3.63, 3.8) is 0 Å². The molecule has 0 fully saturated rings. The maximum absolute atomic E-state index is 10.4. The van der Waals surface area contributed by atoms with Gasteiger partial charge in [0.15, 0.2) is 5.75 Å². The molecule has 0 aliphatic rings. The van der Waals surface area contributed by atoms with Crippen LogP contribution in [0.2, 0.25) is 0 Å². The molecule has 0 aliphatic carbocycles. The highest BCUT2D eigenvalue weighted by Crippen LogP contribution is 2.39. The summed E-state index contributed by atoms with van der Waals surface area (Å²) < 4.78 is 7.28. The number of hydrogen-bond acceptors (Lipinski definition) is 5. The monoisotopic (exact) mass is 485 g/mol. The van der Waals surface area contributed by atoms with E-state index >= 15 is 0 Å². The first kappa shape index (κ1) is 20.3. The molecule has 0 bridgehead atoms. The summed E-state index contributed by atoms with van der Waals surface area (Å²) in [6.45, 7) is 3.48. The summed E-state index contributed by atoms with van der Waals surface area (Å²) in [7, 11) is 0. The lowest BCUT2D eigenvalue weighted by atomic mass is 10.0. The summed E-state index contributed by atoms with van der Waals surface area (Å²) in [6.07, 6.45) is 1.40. The molecule has 2 aromatic carbocycles. The number of carboxylic acids is 1. The lowest BCUT2D eigenvalue weighted by molar-refractivity contribution is -0.142. The quantitative estimate of drug-likeness (QED) is 0.411. The third kappa shape index (κ3) is 5.47. The number of phenolic OH excluding ortho intramolecular Hbond substituents is 1. The Morgan fingerprint density at radius 1 is 1.23 bits per heavy atom. The smallest absolute Gasteiger partial charge is 0.344 e. The number of carboxylic acid groups (broad SMARTS) is 1. The van der Waals surface area contributed by atoms with Crippen molar-refractivity contribution in [1.82, 2.24) is 0 Å². The molecule has 0 atom stereocenters. The first-order valence-corrected chi connectivity index (χ1v) is 9.23. The lowest BCUT2D eigenvalue weighted by Gasteiger charge is -2.14. The van der Waals surface area contributed by atoms with Crippen LogP contribution in [0.5, 0.6) is 17.2 Å². The number of oxime groups is 1. The second kappa shape index (κ2) is 9.05. The van der Waals surface area contributed by atoms with E-state index in [9.17, 15) is 9.90 Å². The van der Waals surface area contributed by atoms with Crippen molar-refractivity contribution in [3.8, 4) is 17.2 Å². The third-order valence-corrected chi connectivity index (χ3v) is 4.50. The number of carbonyl (C=O) groups is 1. The van der Waals surface area contributed by atoms with Crippen LogP contribution in [0.25, 0.3) is 0 Å². The molecule has 0 saturated carbocycles. The average Bonchev–Trinajstić information content (AvgIpc) is 2.56. The van der Waals surface area contributed by atoms with Crippen LogP contribution in [0.15, 0.2) is 44.4 Å². The molecule has 0 saturated heterocycles. The predicted molar refractivity (Wildman–Crippen MR) is 105 cm³/mol. The highest BCUT2D eigenvalue weighted by Gasteiger charge is 2.12. The zero-order valence-corrected chi connectivity index (χ0v) is 17.2. The van der Waals surface area contributed by atoms with Gasteiger partial charge in [-0.2, -0.15) is 0 Å². The molecule has 0 aromatic heterocycles. The van der Waals surface area contributed by atoms with Gasteiger partial charge in [0.1, 0.15) is 11.5 Å². The van der Waals surface area contributed by atoms with Crippen molar-refractivity contribution < 1.29 is 24.6 Å². The van der Waals surface area contributed by atoms with E-state index in [-0.39, 0.29) is 11.7 Å². The zero-order chi connectivity index (χ0) is 19.3. The van der Waals surface area contributed by atoms with Gasteiger partial charge in [0, 0.05) is 5.56 Å². The van der Waals surface area contributed by atoms with E-state index in [0.717, 1.165) is 5.56 Å². The number of aromatic hydroxyl groups is 1. The van der Waals surface area contributed by atoms with E-state index in [1.807, 2.05) is 13.8 Å². The van der Waals surface area contributed by atoms with E-state index in [1.54, 1.807) is 30.3 Å². The maximum atomic E-state index is 10.4. The molecule has 8 heteroatoms. The van der Waals surface area contributed by atoms with E-state index in [0.29, 0.717) is 26.0 Å². The number of halogens is 2. The van der Waals surface area contributed by atoms with E-state index in [4.69, 9.17) is 9.84 Å². The highest BCUT2D eigenvalue weighted by molar-refractivity contribution is 9.11. The molecule has 0 unspecified atom stereocenters. The summed E-state index contributed by atoms with van der Waals surface area (Å²) in [5, 5.41) is 22.0. The average molecular weight is 487 g/mol. The Hall–Kier alpha value is -2.06. The minimum absolute atomic E-state index is 0.162. The van der Waals surface area contributed by atoms with Gasteiger partial charge >= 0.3 is 5.97 Å². The van der Waals surface area contributed by atoms with Crippen LogP contribution >= 0.6 is 31.9 Å². The largest absolute Gasteiger partial charge is 0.508 e. The van der Waals surface area contributed by atoms with Gasteiger partial charge in [-0.15, -0.1) is 0 Å². The summed E-state index contributed by atoms with van der Waals surface area (Å²) >= 11 is 6.90. The Morgan fingerprint density at radius 3 is 2.46 bits per heavy atom. The lowest BCUT2D eigenvalue weighted by Crippen LogP contribution is -2.03. The summed E-state index contributed by atoms with van der Waals surface area (Å²) in [5.41, 5.74) is 1.49. The SMILES string of the molecule is CC(C)c1cc(Oc2c(Br)cc(/C=N\OCC(=O)O)cc2Br)ccc1O. The fraction of sp³-hybridized carbons (Fsp3) is 0.222. The summed E-state index contributed by atoms with van der Waals surface area (Å²) in [6, 6.07) is 8.62. The van der Waals surface area contributed by atoms with Crippen molar-refractivity contribution in [3.05, 3.63) is 50.4 Å².